The molecule has 0 atom stereocenters. The van der Waals surface area contributed by atoms with Crippen LogP contribution in [0.3, 0.4) is 0 Å². The Morgan fingerprint density at radius 1 is 1.12 bits per heavy atom. The summed E-state index contributed by atoms with van der Waals surface area (Å²) in [6.07, 6.45) is 2.43. The highest BCUT2D eigenvalue weighted by atomic mass is 32.2. The summed E-state index contributed by atoms with van der Waals surface area (Å²) in [5.41, 5.74) is 0.432. The zero-order valence-electron chi connectivity index (χ0n) is 13.7. The van der Waals surface area contributed by atoms with E-state index in [2.05, 4.69) is 5.32 Å². The van der Waals surface area contributed by atoms with Gasteiger partial charge in [-0.15, -0.1) is 0 Å². The van der Waals surface area contributed by atoms with Crippen LogP contribution in [0.2, 0.25) is 0 Å². The van der Waals surface area contributed by atoms with Gasteiger partial charge < -0.3 is 10.1 Å². The molecular weight excluding hydrogens is 332 g/mol. The number of anilines is 1. The van der Waals surface area contributed by atoms with Gasteiger partial charge in [0, 0.05) is 18.8 Å². The van der Waals surface area contributed by atoms with Gasteiger partial charge in [-0.05, 0) is 44.0 Å². The lowest BCUT2D eigenvalue weighted by molar-refractivity contribution is -0.145. The van der Waals surface area contributed by atoms with Crippen LogP contribution in [0.1, 0.15) is 32.6 Å². The highest BCUT2D eigenvalue weighted by molar-refractivity contribution is 7.89. The molecule has 2 rings (SSSR count). The molecule has 0 aromatic heterocycles. The molecule has 1 aromatic rings. The van der Waals surface area contributed by atoms with Gasteiger partial charge >= 0.3 is 5.97 Å². The molecule has 1 N–H and O–H groups in total. The van der Waals surface area contributed by atoms with E-state index in [1.807, 2.05) is 0 Å². The lowest BCUT2D eigenvalue weighted by Gasteiger charge is -2.25. The molecule has 1 aromatic carbocycles. The monoisotopic (exact) mass is 354 g/mol. The minimum atomic E-state index is -3.49. The van der Waals surface area contributed by atoms with Crippen molar-refractivity contribution in [1.29, 1.82) is 0 Å². The second-order valence-electron chi connectivity index (χ2n) is 5.52. The lowest BCUT2D eigenvalue weighted by Crippen LogP contribution is -2.35. The summed E-state index contributed by atoms with van der Waals surface area (Å²) < 4.78 is 31.2. The van der Waals surface area contributed by atoms with Crippen LogP contribution in [-0.4, -0.2) is 44.3 Å². The Hall–Kier alpha value is -1.93. The Morgan fingerprint density at radius 2 is 1.75 bits per heavy atom. The Balaban J connectivity index is 1.99. The number of amides is 1. The van der Waals surface area contributed by atoms with Gasteiger partial charge in [0.05, 0.1) is 11.5 Å². The van der Waals surface area contributed by atoms with E-state index < -0.39 is 21.9 Å². The number of carbonyl (C=O) groups excluding carboxylic acids is 2. The molecule has 0 unspecified atom stereocenters. The fourth-order valence-corrected chi connectivity index (χ4v) is 4.03. The third kappa shape index (κ3) is 4.78. The zero-order valence-corrected chi connectivity index (χ0v) is 14.5. The van der Waals surface area contributed by atoms with Crippen LogP contribution in [0.5, 0.6) is 0 Å². The fourth-order valence-electron chi connectivity index (χ4n) is 2.51. The topological polar surface area (TPSA) is 92.8 Å². The Bertz CT molecular complexity index is 679. The normalized spacial score (nSPS) is 15.7. The largest absolute Gasteiger partial charge is 0.466 e. The summed E-state index contributed by atoms with van der Waals surface area (Å²) in [5, 5.41) is 2.54. The number of benzene rings is 1. The van der Waals surface area contributed by atoms with Gasteiger partial charge in [0.2, 0.25) is 15.9 Å². The molecule has 0 radical (unpaired) electrons. The van der Waals surface area contributed by atoms with Crippen LogP contribution in [0.15, 0.2) is 29.2 Å². The number of nitrogens with zero attached hydrogens (tertiary/aromatic N) is 1. The average Bonchev–Trinajstić information content (AvgIpc) is 2.56. The van der Waals surface area contributed by atoms with Gasteiger partial charge in [-0.25, -0.2) is 8.42 Å². The lowest BCUT2D eigenvalue weighted by atomic mass is 10.2. The molecule has 0 spiro atoms. The van der Waals surface area contributed by atoms with E-state index in [0.717, 1.165) is 19.3 Å². The van der Waals surface area contributed by atoms with E-state index in [4.69, 9.17) is 4.74 Å². The number of nitrogens with one attached hydrogen (secondary N) is 1. The summed E-state index contributed by atoms with van der Waals surface area (Å²) in [6.45, 7) is 2.97. The molecule has 1 fully saturated rings. The van der Waals surface area contributed by atoms with E-state index >= 15 is 0 Å². The van der Waals surface area contributed by atoms with Crippen molar-refractivity contribution in [2.45, 2.75) is 37.5 Å². The number of hydrogen-bond donors (Lipinski definition) is 1. The highest BCUT2D eigenvalue weighted by Gasteiger charge is 2.25. The van der Waals surface area contributed by atoms with E-state index in [9.17, 15) is 18.0 Å². The minimum absolute atomic E-state index is 0.202. The fraction of sp³-hybridized carbons (Fsp3) is 0.500. The number of piperidine rings is 1. The zero-order chi connectivity index (χ0) is 17.6. The smallest absolute Gasteiger partial charge is 0.315 e. The summed E-state index contributed by atoms with van der Waals surface area (Å²) in [7, 11) is -3.49. The van der Waals surface area contributed by atoms with E-state index in [0.29, 0.717) is 18.8 Å². The van der Waals surface area contributed by atoms with Crippen molar-refractivity contribution in [3.8, 4) is 0 Å². The van der Waals surface area contributed by atoms with Gasteiger partial charge in [-0.2, -0.15) is 4.31 Å². The van der Waals surface area contributed by atoms with Crippen LogP contribution in [0.25, 0.3) is 0 Å². The minimum Gasteiger partial charge on any atom is -0.466 e. The maximum atomic E-state index is 12.5. The molecule has 1 amide bonds. The SMILES string of the molecule is CCOC(=O)CC(=O)Nc1ccc(S(=O)(=O)N2CCCCC2)cc1. The molecule has 0 bridgehead atoms. The first-order valence-electron chi connectivity index (χ1n) is 7.99. The Morgan fingerprint density at radius 3 is 2.33 bits per heavy atom. The molecule has 8 heteroatoms. The number of rotatable bonds is 6. The average molecular weight is 354 g/mol. The van der Waals surface area contributed by atoms with Crippen LogP contribution in [0, 0.1) is 0 Å². The molecule has 7 nitrogen and oxygen atoms in total. The first-order valence-corrected chi connectivity index (χ1v) is 9.43. The summed E-state index contributed by atoms with van der Waals surface area (Å²) in [6, 6.07) is 5.95. The van der Waals surface area contributed by atoms with Crippen molar-refractivity contribution in [3.63, 3.8) is 0 Å². The molecule has 24 heavy (non-hydrogen) atoms. The van der Waals surface area contributed by atoms with Gasteiger partial charge in [0.1, 0.15) is 6.42 Å². The van der Waals surface area contributed by atoms with Crippen LogP contribution >= 0.6 is 0 Å². The third-order valence-electron chi connectivity index (χ3n) is 3.70. The quantitative estimate of drug-likeness (QED) is 0.621. The van der Waals surface area contributed by atoms with Gasteiger partial charge in [-0.3, -0.25) is 9.59 Å². The third-order valence-corrected chi connectivity index (χ3v) is 5.61. The van der Waals surface area contributed by atoms with Crippen molar-refractivity contribution in [3.05, 3.63) is 24.3 Å². The molecule has 1 aliphatic rings. The Labute approximate surface area is 142 Å². The number of esters is 1. The number of ether oxygens (including phenoxy) is 1. The molecule has 1 heterocycles. The molecular formula is C16H22N2O5S. The second-order valence-corrected chi connectivity index (χ2v) is 7.46. The first-order chi connectivity index (χ1) is 11.4. The number of hydrogen-bond acceptors (Lipinski definition) is 5. The summed E-state index contributed by atoms with van der Waals surface area (Å²) in [5.74, 6) is -1.10. The van der Waals surface area contributed by atoms with Gasteiger partial charge in [0.15, 0.2) is 0 Å². The van der Waals surface area contributed by atoms with Crippen molar-refractivity contribution >= 4 is 27.6 Å². The maximum absolute atomic E-state index is 12.5. The van der Waals surface area contributed by atoms with Crippen molar-refractivity contribution in [2.75, 3.05) is 25.0 Å². The first kappa shape index (κ1) is 18.4. The standard InChI is InChI=1S/C16H22N2O5S/c1-2-23-16(20)12-15(19)17-13-6-8-14(9-7-13)24(21,22)18-10-4-3-5-11-18/h6-9H,2-5,10-12H2,1H3,(H,17,19). The summed E-state index contributed by atoms with van der Waals surface area (Å²) in [4.78, 5) is 23.1. The van der Waals surface area contributed by atoms with Gasteiger partial charge in [-0.1, -0.05) is 6.42 Å². The molecule has 0 saturated carbocycles. The predicted molar refractivity (Wildman–Crippen MR) is 88.9 cm³/mol. The van der Waals surface area contributed by atoms with Crippen LogP contribution in [-0.2, 0) is 24.3 Å². The molecule has 0 aliphatic carbocycles. The predicted octanol–water partition coefficient (Wildman–Crippen LogP) is 1.75. The highest BCUT2D eigenvalue weighted by Crippen LogP contribution is 2.22. The molecule has 132 valence electrons. The molecule has 1 saturated heterocycles. The maximum Gasteiger partial charge on any atom is 0.315 e. The number of sulfonamides is 1. The summed E-state index contributed by atoms with van der Waals surface area (Å²) >= 11 is 0. The van der Waals surface area contributed by atoms with Crippen LogP contribution in [0.4, 0.5) is 5.69 Å². The van der Waals surface area contributed by atoms with Crippen LogP contribution < -0.4 is 5.32 Å². The van der Waals surface area contributed by atoms with E-state index in [1.165, 1.54) is 28.6 Å². The second kappa shape index (κ2) is 8.25. The van der Waals surface area contributed by atoms with E-state index in [-0.39, 0.29) is 17.9 Å². The van der Waals surface area contributed by atoms with Crippen molar-refractivity contribution in [2.24, 2.45) is 0 Å². The van der Waals surface area contributed by atoms with Crippen molar-refractivity contribution in [1.82, 2.24) is 4.31 Å². The Kier molecular flexibility index (Phi) is 6.33. The molecule has 1 aliphatic heterocycles. The number of carbonyl (C=O) groups is 2. The van der Waals surface area contributed by atoms with Gasteiger partial charge in [0.25, 0.3) is 0 Å². The van der Waals surface area contributed by atoms with Crippen molar-refractivity contribution < 1.29 is 22.7 Å². The van der Waals surface area contributed by atoms with E-state index in [1.54, 1.807) is 6.92 Å².